The summed E-state index contributed by atoms with van der Waals surface area (Å²) in [6.07, 6.45) is 0.0694. The van der Waals surface area contributed by atoms with E-state index in [-0.39, 0.29) is 36.0 Å². The molecule has 0 aliphatic carbocycles. The predicted octanol–water partition coefficient (Wildman–Crippen LogP) is -0.637. The van der Waals surface area contributed by atoms with Gasteiger partial charge in [0, 0.05) is 57.2 Å². The van der Waals surface area contributed by atoms with E-state index in [9.17, 15) is 4.79 Å². The number of aliphatic carboxylic acids is 1. The zero-order chi connectivity index (χ0) is 10.4. The third-order valence-electron chi connectivity index (χ3n) is 1.47. The van der Waals surface area contributed by atoms with E-state index in [0.717, 1.165) is 0 Å². The average molecular weight is 228 g/mol. The van der Waals surface area contributed by atoms with Crippen LogP contribution in [0.2, 0.25) is 0 Å². The van der Waals surface area contributed by atoms with Gasteiger partial charge in [0.15, 0.2) is 5.11 Å². The minimum atomic E-state index is -0.828. The van der Waals surface area contributed by atoms with Gasteiger partial charge in [0.1, 0.15) is 0 Å². The van der Waals surface area contributed by atoms with Crippen LogP contribution in [0.25, 0.3) is 0 Å². The molecule has 0 aromatic rings. The molecule has 0 atom stereocenters. The second-order valence-electron chi connectivity index (χ2n) is 2.67. The van der Waals surface area contributed by atoms with Crippen LogP contribution in [-0.2, 0) is 4.79 Å². The number of nitrogens with zero attached hydrogens (tertiary/aromatic N) is 2. The summed E-state index contributed by atoms with van der Waals surface area (Å²) >= 11 is 4.99. The van der Waals surface area contributed by atoms with Gasteiger partial charge in [-0.1, -0.05) is 0 Å². The average Bonchev–Trinajstić information content (AvgIpc) is 2.03. The predicted molar refractivity (Wildman–Crippen MR) is 60.1 cm³/mol. The topological polar surface area (TPSA) is 55.8 Å². The maximum atomic E-state index is 10.3. The molecule has 0 spiro atoms. The van der Waals surface area contributed by atoms with Gasteiger partial charge >= 0.3 is 5.97 Å². The first-order valence-corrected chi connectivity index (χ1v) is 4.28. The third-order valence-corrected chi connectivity index (χ3v) is 1.88. The van der Waals surface area contributed by atoms with Crippen LogP contribution in [0.1, 0.15) is 6.42 Å². The van der Waals surface area contributed by atoms with Gasteiger partial charge in [0.25, 0.3) is 0 Å². The third kappa shape index (κ3) is 6.56. The van der Waals surface area contributed by atoms with Crippen molar-refractivity contribution in [2.75, 3.05) is 27.7 Å². The Hall–Kier alpha value is 0.120. The number of hydrogen-bond acceptors (Lipinski definition) is 3. The molecule has 0 aliphatic rings. The molecule has 77 valence electrons. The van der Waals surface area contributed by atoms with E-state index < -0.39 is 5.97 Å². The molecule has 0 aliphatic heterocycles. The molecule has 7 heteroatoms. The number of carbonyl (C=O) groups is 1. The number of thiocarbonyl (C=S) groups is 1. The minimum Gasteiger partial charge on any atom is -0.481 e. The van der Waals surface area contributed by atoms with Crippen molar-refractivity contribution in [2.45, 2.75) is 6.42 Å². The minimum absolute atomic E-state index is 0. The van der Waals surface area contributed by atoms with Gasteiger partial charge in [0.2, 0.25) is 0 Å². The molecule has 14 heavy (non-hydrogen) atoms. The van der Waals surface area contributed by atoms with Crippen LogP contribution in [-0.4, -0.2) is 83.5 Å². The van der Waals surface area contributed by atoms with Crippen LogP contribution in [0.4, 0.5) is 0 Å². The van der Waals surface area contributed by atoms with Gasteiger partial charge in [-0.15, -0.1) is 0 Å². The van der Waals surface area contributed by atoms with Crippen LogP contribution in [0.5, 0.6) is 0 Å². The molecule has 0 fully saturated rings. The summed E-state index contributed by atoms with van der Waals surface area (Å²) in [5, 5.41) is 15.2. The fraction of sp³-hybridized carbons (Fsp3) is 0.714. The SMILES string of the molecule is CNC(=S)N(CCC(=O)O)N(C)C.[Na]. The van der Waals surface area contributed by atoms with Crippen molar-refractivity contribution in [3.8, 4) is 0 Å². The van der Waals surface area contributed by atoms with Crippen molar-refractivity contribution in [2.24, 2.45) is 0 Å². The second kappa shape index (κ2) is 8.43. The first-order valence-electron chi connectivity index (χ1n) is 3.87. The Balaban J connectivity index is 0. The molecule has 1 radical (unpaired) electrons. The van der Waals surface area contributed by atoms with E-state index >= 15 is 0 Å². The zero-order valence-corrected chi connectivity index (χ0v) is 11.9. The van der Waals surface area contributed by atoms with E-state index in [1.807, 2.05) is 14.1 Å². The van der Waals surface area contributed by atoms with E-state index in [2.05, 4.69) is 5.32 Å². The Kier molecular flexibility index (Phi) is 9.96. The van der Waals surface area contributed by atoms with Crippen molar-refractivity contribution < 1.29 is 9.90 Å². The Bertz CT molecular complexity index is 201. The van der Waals surface area contributed by atoms with Gasteiger partial charge in [-0.05, 0) is 12.2 Å². The number of rotatable bonds is 4. The van der Waals surface area contributed by atoms with Gasteiger partial charge in [-0.3, -0.25) is 9.80 Å². The molecule has 0 saturated heterocycles. The molecular weight excluding hydrogens is 213 g/mol. The van der Waals surface area contributed by atoms with Crippen molar-refractivity contribution in [1.29, 1.82) is 0 Å². The first kappa shape index (κ1) is 16.5. The summed E-state index contributed by atoms with van der Waals surface area (Å²) < 4.78 is 0. The smallest absolute Gasteiger partial charge is 0.305 e. The van der Waals surface area contributed by atoms with Gasteiger partial charge in [0.05, 0.1) is 6.42 Å². The van der Waals surface area contributed by atoms with Crippen molar-refractivity contribution >= 4 is 52.9 Å². The summed E-state index contributed by atoms with van der Waals surface area (Å²) in [4.78, 5) is 10.3. The monoisotopic (exact) mass is 228 g/mol. The van der Waals surface area contributed by atoms with Crippen molar-refractivity contribution in [3.05, 3.63) is 0 Å². The Morgan fingerprint density at radius 1 is 1.50 bits per heavy atom. The molecule has 0 saturated carbocycles. The quantitative estimate of drug-likeness (QED) is 0.379. The normalized spacial score (nSPS) is 9.14. The molecule has 5 nitrogen and oxygen atoms in total. The molecule has 0 unspecified atom stereocenters. The largest absolute Gasteiger partial charge is 0.481 e. The Morgan fingerprint density at radius 2 is 2.00 bits per heavy atom. The molecule has 0 aromatic carbocycles. The molecule has 0 aromatic heterocycles. The van der Waals surface area contributed by atoms with Gasteiger partial charge in [-0.25, -0.2) is 5.01 Å². The van der Waals surface area contributed by atoms with Crippen LogP contribution in [0, 0.1) is 0 Å². The summed E-state index contributed by atoms with van der Waals surface area (Å²) in [6.45, 7) is 0.377. The fourth-order valence-corrected chi connectivity index (χ4v) is 1.07. The second-order valence-corrected chi connectivity index (χ2v) is 3.06. The number of hydrogen-bond donors (Lipinski definition) is 2. The van der Waals surface area contributed by atoms with Crippen LogP contribution >= 0.6 is 12.2 Å². The van der Waals surface area contributed by atoms with E-state index in [4.69, 9.17) is 17.3 Å². The maximum Gasteiger partial charge on any atom is 0.305 e. The zero-order valence-electron chi connectivity index (χ0n) is 9.07. The molecule has 2 N–H and O–H groups in total. The molecule has 0 bridgehead atoms. The molecule has 0 heterocycles. The molecule has 0 amide bonds. The Labute approximate surface area is 112 Å². The summed E-state index contributed by atoms with van der Waals surface area (Å²) in [7, 11) is 5.33. The standard InChI is InChI=1S/C7H15N3O2S.Na/c1-8-7(13)10(9(2)3)5-4-6(11)12;/h4-5H2,1-3H3,(H,8,13)(H,11,12);. The van der Waals surface area contributed by atoms with Crippen LogP contribution in [0.15, 0.2) is 0 Å². The van der Waals surface area contributed by atoms with Crippen LogP contribution < -0.4 is 5.32 Å². The fourth-order valence-electron chi connectivity index (χ4n) is 0.814. The number of carboxylic acid groups (broad SMARTS) is 1. The van der Waals surface area contributed by atoms with E-state index in [1.165, 1.54) is 0 Å². The van der Waals surface area contributed by atoms with E-state index in [0.29, 0.717) is 11.7 Å². The first-order chi connectivity index (χ1) is 5.99. The number of carboxylic acids is 1. The number of nitrogens with one attached hydrogen (secondary N) is 1. The van der Waals surface area contributed by atoms with Crippen LogP contribution in [0.3, 0.4) is 0 Å². The summed E-state index contributed by atoms with van der Waals surface area (Å²) in [5.74, 6) is -0.828. The molecule has 0 rings (SSSR count). The van der Waals surface area contributed by atoms with Gasteiger partial charge < -0.3 is 10.4 Å². The summed E-state index contributed by atoms with van der Waals surface area (Å²) in [5.41, 5.74) is 0. The number of hydrazine groups is 1. The van der Waals surface area contributed by atoms with E-state index in [1.54, 1.807) is 17.1 Å². The van der Waals surface area contributed by atoms with Crippen molar-refractivity contribution in [3.63, 3.8) is 0 Å². The van der Waals surface area contributed by atoms with Gasteiger partial charge in [-0.2, -0.15) is 0 Å². The van der Waals surface area contributed by atoms with Crippen molar-refractivity contribution in [1.82, 2.24) is 15.3 Å². The maximum absolute atomic E-state index is 10.3. The molecular formula is C7H15N3NaO2S. The Morgan fingerprint density at radius 3 is 2.29 bits per heavy atom. The summed E-state index contributed by atoms with van der Waals surface area (Å²) in [6, 6.07) is 0.